The van der Waals surface area contributed by atoms with E-state index < -0.39 is 35.6 Å². The highest BCUT2D eigenvalue weighted by molar-refractivity contribution is 6.02. The van der Waals surface area contributed by atoms with Gasteiger partial charge in [-0.15, -0.1) is 0 Å². The van der Waals surface area contributed by atoms with E-state index in [4.69, 9.17) is 4.74 Å². The SMILES string of the molecule is CCOC[C@H](C)N/C(=N/C(=O)c1ccc(F)cc1)NC(CC(N=O)c1cc(F)cc(F)c1)NC. The van der Waals surface area contributed by atoms with Crippen LogP contribution in [0.15, 0.2) is 52.6 Å². The lowest BCUT2D eigenvalue weighted by Crippen LogP contribution is -2.52. The number of nitrogens with one attached hydrogen (secondary N) is 3. The van der Waals surface area contributed by atoms with Gasteiger partial charge in [0.2, 0.25) is 5.96 Å². The molecule has 0 heterocycles. The summed E-state index contributed by atoms with van der Waals surface area (Å²) < 4.78 is 45.8. The Bertz CT molecular complexity index is 968. The van der Waals surface area contributed by atoms with Crippen LogP contribution in [0.5, 0.6) is 0 Å². The maximum atomic E-state index is 13.6. The molecular weight excluding hydrogens is 451 g/mol. The number of carbonyl (C=O) groups excluding carboxylic acids is 1. The van der Waals surface area contributed by atoms with Crippen LogP contribution >= 0.6 is 0 Å². The summed E-state index contributed by atoms with van der Waals surface area (Å²) in [5.74, 6) is -2.70. The number of nitrogens with zero attached hydrogens (tertiary/aromatic N) is 2. The molecule has 8 nitrogen and oxygen atoms in total. The number of guanidine groups is 1. The van der Waals surface area contributed by atoms with Gasteiger partial charge in [0.25, 0.3) is 5.91 Å². The summed E-state index contributed by atoms with van der Waals surface area (Å²) in [7, 11) is 1.59. The molecule has 2 aromatic carbocycles. The summed E-state index contributed by atoms with van der Waals surface area (Å²) in [4.78, 5) is 28.1. The van der Waals surface area contributed by atoms with E-state index in [2.05, 4.69) is 26.1 Å². The molecule has 2 unspecified atom stereocenters. The zero-order valence-electron chi connectivity index (χ0n) is 19.1. The van der Waals surface area contributed by atoms with E-state index in [1.165, 1.54) is 12.1 Å². The number of carbonyl (C=O) groups is 1. The minimum Gasteiger partial charge on any atom is -0.380 e. The maximum Gasteiger partial charge on any atom is 0.280 e. The summed E-state index contributed by atoms with van der Waals surface area (Å²) in [5.41, 5.74) is 0.247. The fourth-order valence-electron chi connectivity index (χ4n) is 3.08. The predicted octanol–water partition coefficient (Wildman–Crippen LogP) is 3.65. The fourth-order valence-corrected chi connectivity index (χ4v) is 3.08. The van der Waals surface area contributed by atoms with Gasteiger partial charge in [0.05, 0.1) is 12.8 Å². The van der Waals surface area contributed by atoms with Gasteiger partial charge in [-0.2, -0.15) is 9.90 Å². The van der Waals surface area contributed by atoms with Gasteiger partial charge in [-0.3, -0.25) is 4.79 Å². The number of benzene rings is 2. The van der Waals surface area contributed by atoms with Gasteiger partial charge in [0.15, 0.2) is 0 Å². The first-order valence-electron chi connectivity index (χ1n) is 10.7. The second-order valence-corrected chi connectivity index (χ2v) is 7.52. The van der Waals surface area contributed by atoms with Crippen molar-refractivity contribution in [3.63, 3.8) is 0 Å². The molecule has 3 N–H and O–H groups in total. The molecule has 2 rings (SSSR count). The second-order valence-electron chi connectivity index (χ2n) is 7.52. The van der Waals surface area contributed by atoms with E-state index in [1.54, 1.807) is 7.05 Å². The summed E-state index contributed by atoms with van der Waals surface area (Å²) >= 11 is 0. The zero-order valence-corrected chi connectivity index (χ0v) is 19.1. The van der Waals surface area contributed by atoms with E-state index in [-0.39, 0.29) is 29.5 Å². The topological polar surface area (TPSA) is 104 Å². The van der Waals surface area contributed by atoms with Crippen molar-refractivity contribution < 1.29 is 22.7 Å². The van der Waals surface area contributed by atoms with Crippen molar-refractivity contribution in [3.05, 3.63) is 76.0 Å². The first-order valence-corrected chi connectivity index (χ1v) is 10.7. The van der Waals surface area contributed by atoms with Gasteiger partial charge in [-0.25, -0.2) is 13.2 Å². The van der Waals surface area contributed by atoms with Crippen molar-refractivity contribution >= 4 is 11.9 Å². The molecule has 0 aromatic heterocycles. The van der Waals surface area contributed by atoms with Crippen LogP contribution in [0.25, 0.3) is 0 Å². The molecule has 11 heteroatoms. The highest BCUT2D eigenvalue weighted by Gasteiger charge is 2.21. The van der Waals surface area contributed by atoms with Crippen LogP contribution in [0.3, 0.4) is 0 Å². The van der Waals surface area contributed by atoms with Gasteiger partial charge in [0.1, 0.15) is 23.5 Å². The quantitative estimate of drug-likeness (QED) is 0.197. The monoisotopic (exact) mass is 479 g/mol. The molecule has 2 aromatic rings. The lowest BCUT2D eigenvalue weighted by atomic mass is 10.0. The number of rotatable bonds is 11. The van der Waals surface area contributed by atoms with Crippen LogP contribution in [0, 0.1) is 22.4 Å². The molecule has 184 valence electrons. The van der Waals surface area contributed by atoms with E-state index >= 15 is 0 Å². The van der Waals surface area contributed by atoms with Crippen molar-refractivity contribution in [1.82, 2.24) is 16.0 Å². The lowest BCUT2D eigenvalue weighted by molar-refractivity contribution is 0.100. The van der Waals surface area contributed by atoms with Gasteiger partial charge in [0, 0.05) is 30.7 Å². The Morgan fingerprint density at radius 2 is 1.68 bits per heavy atom. The third-order valence-corrected chi connectivity index (χ3v) is 4.77. The molecule has 0 saturated carbocycles. The number of aliphatic imine (C=N–C) groups is 1. The number of halogens is 3. The van der Waals surface area contributed by atoms with Crippen molar-refractivity contribution in [2.45, 2.75) is 38.5 Å². The molecule has 0 radical (unpaired) electrons. The molecule has 34 heavy (non-hydrogen) atoms. The number of nitroso groups, excluding NO2 is 1. The van der Waals surface area contributed by atoms with E-state index in [9.17, 15) is 22.9 Å². The van der Waals surface area contributed by atoms with E-state index in [0.29, 0.717) is 19.3 Å². The summed E-state index contributed by atoms with van der Waals surface area (Å²) in [6.45, 7) is 4.48. The first-order chi connectivity index (χ1) is 16.2. The third kappa shape index (κ3) is 8.56. The zero-order chi connectivity index (χ0) is 25.1. The maximum absolute atomic E-state index is 13.6. The molecule has 1 amide bonds. The molecule has 0 spiro atoms. The lowest BCUT2D eigenvalue weighted by Gasteiger charge is -2.25. The van der Waals surface area contributed by atoms with Crippen LogP contribution < -0.4 is 16.0 Å². The average molecular weight is 480 g/mol. The van der Waals surface area contributed by atoms with Gasteiger partial charge in [-0.1, -0.05) is 5.18 Å². The molecule has 0 bridgehead atoms. The average Bonchev–Trinajstić information content (AvgIpc) is 2.79. The van der Waals surface area contributed by atoms with Gasteiger partial charge in [-0.05, 0) is 62.9 Å². The van der Waals surface area contributed by atoms with Crippen LogP contribution in [-0.4, -0.2) is 44.3 Å². The van der Waals surface area contributed by atoms with Crippen LogP contribution in [0.1, 0.15) is 42.2 Å². The number of amides is 1. The van der Waals surface area contributed by atoms with Crippen LogP contribution in [0.2, 0.25) is 0 Å². The fraction of sp³-hybridized carbons (Fsp3) is 0.391. The Morgan fingerprint density at radius 1 is 1.03 bits per heavy atom. The largest absolute Gasteiger partial charge is 0.380 e. The van der Waals surface area contributed by atoms with Crippen molar-refractivity contribution in [2.75, 3.05) is 20.3 Å². The van der Waals surface area contributed by atoms with Gasteiger partial charge >= 0.3 is 0 Å². The smallest absolute Gasteiger partial charge is 0.280 e. The Hall–Kier alpha value is -3.31. The van der Waals surface area contributed by atoms with Crippen LogP contribution in [-0.2, 0) is 4.74 Å². The molecule has 0 aliphatic rings. The number of hydrogen-bond acceptors (Lipinski definition) is 5. The second kappa shape index (κ2) is 13.4. The summed E-state index contributed by atoms with van der Waals surface area (Å²) in [5, 5.41) is 11.9. The van der Waals surface area contributed by atoms with E-state index in [0.717, 1.165) is 24.3 Å². The molecule has 0 aliphatic carbocycles. The Balaban J connectivity index is 2.24. The molecular formula is C23H28F3N5O3. The molecule has 0 saturated heterocycles. The Morgan fingerprint density at radius 3 is 2.24 bits per heavy atom. The van der Waals surface area contributed by atoms with Crippen LogP contribution in [0.4, 0.5) is 13.2 Å². The Labute approximate surface area is 196 Å². The number of hydrogen-bond donors (Lipinski definition) is 3. The molecule has 0 fully saturated rings. The minimum atomic E-state index is -1.08. The highest BCUT2D eigenvalue weighted by atomic mass is 19.1. The third-order valence-electron chi connectivity index (χ3n) is 4.77. The van der Waals surface area contributed by atoms with E-state index in [1.807, 2.05) is 13.8 Å². The number of ether oxygens (including phenoxy) is 1. The first kappa shape index (κ1) is 26.9. The van der Waals surface area contributed by atoms with Crippen molar-refractivity contribution in [3.8, 4) is 0 Å². The Kier molecular flexibility index (Phi) is 10.6. The van der Waals surface area contributed by atoms with Crippen molar-refractivity contribution in [2.24, 2.45) is 10.2 Å². The highest BCUT2D eigenvalue weighted by Crippen LogP contribution is 2.24. The normalized spacial score (nSPS) is 14.2. The van der Waals surface area contributed by atoms with Gasteiger partial charge < -0.3 is 20.7 Å². The predicted molar refractivity (Wildman–Crippen MR) is 123 cm³/mol. The standard InChI is InChI=1S/C23H28F3N5O3/c1-4-34-13-14(2)28-23(30-22(32)15-5-7-17(24)8-6-15)29-21(27-3)12-20(31-33)16-9-18(25)11-19(26)10-16/h5-11,14,20-21,27H,4,12-13H2,1-3H3,(H2,28,29,30,32)/t14-,20?,21?/m0/s1. The minimum absolute atomic E-state index is 0.00578. The molecule has 0 aliphatic heterocycles. The summed E-state index contributed by atoms with van der Waals surface area (Å²) in [6.07, 6.45) is -0.672. The van der Waals surface area contributed by atoms with Crippen molar-refractivity contribution in [1.29, 1.82) is 0 Å². The summed E-state index contributed by atoms with van der Waals surface area (Å²) in [6, 6.07) is 6.37. The molecule has 3 atom stereocenters.